The number of carbonyl (C=O) groups excluding carboxylic acids is 2. The van der Waals surface area contributed by atoms with Gasteiger partial charge in [0.1, 0.15) is 11.6 Å². The fraction of sp³-hybridized carbons (Fsp3) is 0.529. The van der Waals surface area contributed by atoms with Gasteiger partial charge in [-0.15, -0.1) is 0 Å². The molecular weight excluding hydrogens is 269 g/mol. The lowest BCUT2D eigenvalue weighted by molar-refractivity contribution is -0.133. The van der Waals surface area contributed by atoms with Crippen LogP contribution in [-0.4, -0.2) is 29.2 Å². The van der Waals surface area contributed by atoms with Gasteiger partial charge in [-0.25, -0.2) is 4.39 Å². The second-order valence-electron chi connectivity index (χ2n) is 5.76. The number of halogens is 1. The molecule has 1 fully saturated rings. The number of rotatable bonds is 4. The van der Waals surface area contributed by atoms with Gasteiger partial charge < -0.3 is 4.90 Å². The maximum absolute atomic E-state index is 13.7. The largest absolute Gasteiger partial charge is 0.339 e. The predicted molar refractivity (Wildman–Crippen MR) is 79.4 cm³/mol. The third-order valence-electron chi connectivity index (χ3n) is 4.02. The molecule has 2 rings (SSSR count). The van der Waals surface area contributed by atoms with Crippen molar-refractivity contribution >= 4 is 11.7 Å². The van der Waals surface area contributed by atoms with E-state index in [9.17, 15) is 14.0 Å². The van der Waals surface area contributed by atoms with E-state index in [1.54, 1.807) is 30.0 Å². The zero-order valence-corrected chi connectivity index (χ0v) is 12.5. The Balaban J connectivity index is 2.10. The quantitative estimate of drug-likeness (QED) is 0.854. The second kappa shape index (κ2) is 7.34. The van der Waals surface area contributed by atoms with Crippen molar-refractivity contribution in [3.05, 3.63) is 35.6 Å². The van der Waals surface area contributed by atoms with Gasteiger partial charge in [-0.05, 0) is 31.4 Å². The summed E-state index contributed by atoms with van der Waals surface area (Å²) in [5, 5.41) is 0. The third-order valence-corrected chi connectivity index (χ3v) is 4.02. The first-order valence-corrected chi connectivity index (χ1v) is 7.60. The summed E-state index contributed by atoms with van der Waals surface area (Å²) in [4.78, 5) is 25.7. The molecule has 1 heterocycles. The van der Waals surface area contributed by atoms with Crippen LogP contribution in [0.3, 0.4) is 0 Å². The summed E-state index contributed by atoms with van der Waals surface area (Å²) in [5.41, 5.74) is 0.424. The van der Waals surface area contributed by atoms with Crippen molar-refractivity contribution in [3.8, 4) is 0 Å². The summed E-state index contributed by atoms with van der Waals surface area (Å²) in [6, 6.07) is 6.35. The molecule has 3 nitrogen and oxygen atoms in total. The van der Waals surface area contributed by atoms with E-state index in [-0.39, 0.29) is 30.0 Å². The number of hydrogen-bond acceptors (Lipinski definition) is 2. The monoisotopic (exact) mass is 291 g/mol. The highest BCUT2D eigenvalue weighted by Crippen LogP contribution is 2.21. The van der Waals surface area contributed by atoms with E-state index in [1.165, 1.54) is 6.07 Å². The standard InChI is InChI=1S/C17H22FNO2/c1-13(20)11-15-8-3-2-6-10-19(15)17(21)12-14-7-4-5-9-16(14)18/h4-5,7,9,15H,2-3,6,8,10-12H2,1H3. The van der Waals surface area contributed by atoms with Gasteiger partial charge >= 0.3 is 0 Å². The lowest BCUT2D eigenvalue weighted by Crippen LogP contribution is -2.41. The Bertz CT molecular complexity index is 515. The lowest BCUT2D eigenvalue weighted by Gasteiger charge is -2.29. The molecule has 0 N–H and O–H groups in total. The highest BCUT2D eigenvalue weighted by atomic mass is 19.1. The Kier molecular flexibility index (Phi) is 5.48. The molecule has 114 valence electrons. The number of amides is 1. The SMILES string of the molecule is CC(=O)CC1CCCCCN1C(=O)Cc1ccccc1F. The molecule has 0 aliphatic carbocycles. The van der Waals surface area contributed by atoms with Crippen LogP contribution >= 0.6 is 0 Å². The van der Waals surface area contributed by atoms with E-state index < -0.39 is 0 Å². The Labute approximate surface area is 125 Å². The van der Waals surface area contributed by atoms with E-state index in [0.29, 0.717) is 18.5 Å². The minimum Gasteiger partial charge on any atom is -0.339 e. The van der Waals surface area contributed by atoms with Crippen LogP contribution in [0.15, 0.2) is 24.3 Å². The molecule has 4 heteroatoms. The summed E-state index contributed by atoms with van der Waals surface area (Å²) in [7, 11) is 0. The van der Waals surface area contributed by atoms with Gasteiger partial charge in [0.15, 0.2) is 0 Å². The summed E-state index contributed by atoms with van der Waals surface area (Å²) in [6.07, 6.45) is 4.42. The Morgan fingerprint density at radius 1 is 1.24 bits per heavy atom. The maximum Gasteiger partial charge on any atom is 0.227 e. The maximum atomic E-state index is 13.7. The number of carbonyl (C=O) groups is 2. The third kappa shape index (κ3) is 4.38. The van der Waals surface area contributed by atoms with Gasteiger partial charge in [0.2, 0.25) is 5.91 Å². The predicted octanol–water partition coefficient (Wildman–Crippen LogP) is 3.12. The molecule has 1 aliphatic heterocycles. The number of hydrogen-bond donors (Lipinski definition) is 0. The molecule has 1 aromatic rings. The molecule has 1 unspecified atom stereocenters. The normalized spacial score (nSPS) is 19.1. The average Bonchev–Trinajstić information content (AvgIpc) is 2.66. The number of Topliss-reactive ketones (excluding diaryl/α,β-unsaturated/α-hetero) is 1. The molecule has 21 heavy (non-hydrogen) atoms. The molecule has 0 radical (unpaired) electrons. The first-order valence-electron chi connectivity index (χ1n) is 7.60. The van der Waals surface area contributed by atoms with Crippen LogP contribution in [0.4, 0.5) is 4.39 Å². The van der Waals surface area contributed by atoms with E-state index in [2.05, 4.69) is 0 Å². The van der Waals surface area contributed by atoms with Crippen molar-refractivity contribution < 1.29 is 14.0 Å². The van der Waals surface area contributed by atoms with Crippen molar-refractivity contribution in [2.45, 2.75) is 51.5 Å². The molecule has 0 bridgehead atoms. The Morgan fingerprint density at radius 3 is 2.71 bits per heavy atom. The molecule has 1 amide bonds. The fourth-order valence-electron chi connectivity index (χ4n) is 2.96. The molecule has 0 aromatic heterocycles. The van der Waals surface area contributed by atoms with Gasteiger partial charge in [-0.2, -0.15) is 0 Å². The van der Waals surface area contributed by atoms with E-state index in [0.717, 1.165) is 25.7 Å². The fourth-order valence-corrected chi connectivity index (χ4v) is 2.96. The second-order valence-corrected chi connectivity index (χ2v) is 5.76. The minimum atomic E-state index is -0.344. The van der Waals surface area contributed by atoms with Crippen LogP contribution in [0.1, 0.15) is 44.6 Å². The summed E-state index contributed by atoms with van der Waals surface area (Å²) < 4.78 is 13.7. The summed E-state index contributed by atoms with van der Waals surface area (Å²) in [5.74, 6) is -0.317. The first-order chi connectivity index (χ1) is 10.1. The van der Waals surface area contributed by atoms with Crippen LogP contribution < -0.4 is 0 Å². The van der Waals surface area contributed by atoms with Gasteiger partial charge in [0.05, 0.1) is 6.42 Å². The van der Waals surface area contributed by atoms with Crippen molar-refractivity contribution in [3.63, 3.8) is 0 Å². The number of nitrogens with zero attached hydrogens (tertiary/aromatic N) is 1. The van der Waals surface area contributed by atoms with E-state index in [4.69, 9.17) is 0 Å². The van der Waals surface area contributed by atoms with Crippen molar-refractivity contribution in [1.29, 1.82) is 0 Å². The van der Waals surface area contributed by atoms with Crippen LogP contribution in [0.25, 0.3) is 0 Å². The van der Waals surface area contributed by atoms with Crippen LogP contribution in [-0.2, 0) is 16.0 Å². The summed E-state index contributed by atoms with van der Waals surface area (Å²) >= 11 is 0. The van der Waals surface area contributed by atoms with Crippen molar-refractivity contribution in [2.75, 3.05) is 6.54 Å². The summed E-state index contributed by atoms with van der Waals surface area (Å²) in [6.45, 7) is 2.23. The Hall–Kier alpha value is -1.71. The van der Waals surface area contributed by atoms with Gasteiger partial charge in [-0.3, -0.25) is 9.59 Å². The number of ketones is 1. The lowest BCUT2D eigenvalue weighted by atomic mass is 10.0. The molecule has 0 saturated carbocycles. The topological polar surface area (TPSA) is 37.4 Å². The van der Waals surface area contributed by atoms with E-state index >= 15 is 0 Å². The zero-order valence-electron chi connectivity index (χ0n) is 12.5. The molecule has 1 aromatic carbocycles. The zero-order chi connectivity index (χ0) is 15.2. The van der Waals surface area contributed by atoms with Crippen molar-refractivity contribution in [1.82, 2.24) is 4.90 Å². The molecule has 0 spiro atoms. The van der Waals surface area contributed by atoms with Crippen LogP contribution in [0, 0.1) is 5.82 Å². The molecule has 1 atom stereocenters. The average molecular weight is 291 g/mol. The Morgan fingerprint density at radius 2 is 2.00 bits per heavy atom. The minimum absolute atomic E-state index is 0.0238. The van der Waals surface area contributed by atoms with Crippen molar-refractivity contribution in [2.24, 2.45) is 0 Å². The molecule has 1 saturated heterocycles. The van der Waals surface area contributed by atoms with Gasteiger partial charge in [0.25, 0.3) is 0 Å². The molecular formula is C17H22FNO2. The van der Waals surface area contributed by atoms with Crippen LogP contribution in [0.2, 0.25) is 0 Å². The number of benzene rings is 1. The highest BCUT2D eigenvalue weighted by Gasteiger charge is 2.26. The molecule has 1 aliphatic rings. The van der Waals surface area contributed by atoms with Gasteiger partial charge in [-0.1, -0.05) is 31.0 Å². The van der Waals surface area contributed by atoms with E-state index in [1.807, 2.05) is 0 Å². The highest BCUT2D eigenvalue weighted by molar-refractivity contribution is 5.81. The van der Waals surface area contributed by atoms with Crippen LogP contribution in [0.5, 0.6) is 0 Å². The van der Waals surface area contributed by atoms with Gasteiger partial charge in [0, 0.05) is 19.0 Å². The smallest absolute Gasteiger partial charge is 0.227 e. The number of likely N-dealkylation sites (tertiary alicyclic amines) is 1. The first kappa shape index (κ1) is 15.7.